The van der Waals surface area contributed by atoms with Gasteiger partial charge in [0.05, 0.1) is 17.9 Å². The zero-order valence-electron chi connectivity index (χ0n) is 14.9. The van der Waals surface area contributed by atoms with Crippen molar-refractivity contribution in [2.75, 3.05) is 0 Å². The molecule has 0 unspecified atom stereocenters. The third kappa shape index (κ3) is 3.17. The Bertz CT molecular complexity index is 1230. The zero-order valence-corrected chi connectivity index (χ0v) is 14.9. The normalized spacial score (nSPS) is 11.3. The molecule has 138 valence electrons. The molecule has 0 radical (unpaired) electrons. The van der Waals surface area contributed by atoms with Crippen LogP contribution in [0, 0.1) is 0 Å². The Hall–Kier alpha value is -3.77. The van der Waals surface area contributed by atoms with Crippen LogP contribution in [0.2, 0.25) is 0 Å². The maximum absolute atomic E-state index is 13.0. The highest BCUT2D eigenvalue weighted by Gasteiger charge is 2.16. The maximum atomic E-state index is 13.0. The molecule has 6 heteroatoms. The fourth-order valence-electron chi connectivity index (χ4n) is 3.06. The number of benzene rings is 2. The molecule has 0 fully saturated rings. The van der Waals surface area contributed by atoms with E-state index in [4.69, 9.17) is 0 Å². The molecule has 0 saturated heterocycles. The summed E-state index contributed by atoms with van der Waals surface area (Å²) in [7, 11) is 0. The molecule has 0 bridgehead atoms. The number of aromatic nitrogens is 2. The van der Waals surface area contributed by atoms with Crippen LogP contribution in [-0.2, 0) is 6.61 Å². The highest BCUT2D eigenvalue weighted by Crippen LogP contribution is 2.26. The van der Waals surface area contributed by atoms with Gasteiger partial charge >= 0.3 is 0 Å². The van der Waals surface area contributed by atoms with Crippen LogP contribution in [0.15, 0.2) is 82.7 Å². The van der Waals surface area contributed by atoms with Gasteiger partial charge in [-0.25, -0.2) is 9.55 Å². The van der Waals surface area contributed by atoms with Gasteiger partial charge in [-0.05, 0) is 35.9 Å². The molecule has 2 aromatic carbocycles. The lowest BCUT2D eigenvalue weighted by Gasteiger charge is -2.12. The third-order valence-corrected chi connectivity index (χ3v) is 4.42. The molecule has 4 rings (SSSR count). The molecule has 0 spiro atoms. The van der Waals surface area contributed by atoms with Gasteiger partial charge in [0.15, 0.2) is 0 Å². The van der Waals surface area contributed by atoms with Crippen LogP contribution in [-0.4, -0.2) is 26.0 Å². The van der Waals surface area contributed by atoms with E-state index in [1.165, 1.54) is 10.8 Å². The second-order valence-corrected chi connectivity index (χ2v) is 6.20. The highest BCUT2D eigenvalue weighted by atomic mass is 16.3. The summed E-state index contributed by atoms with van der Waals surface area (Å²) in [5.74, 6) is 0.0946. The summed E-state index contributed by atoms with van der Waals surface area (Å²) in [6.45, 7) is -0.0813. The topological polar surface area (TPSA) is 87.7 Å². The average molecular weight is 371 g/mol. The van der Waals surface area contributed by atoms with Crippen molar-refractivity contribution in [3.8, 4) is 11.7 Å². The lowest BCUT2D eigenvalue weighted by atomic mass is 10.1. The Morgan fingerprint density at radius 2 is 1.79 bits per heavy atom. The summed E-state index contributed by atoms with van der Waals surface area (Å²) in [6.07, 6.45) is 3.08. The number of aliphatic imine (C=N–C) groups is 1. The summed E-state index contributed by atoms with van der Waals surface area (Å²) in [5.41, 5.74) is 1.43. The van der Waals surface area contributed by atoms with E-state index in [1.807, 2.05) is 0 Å². The van der Waals surface area contributed by atoms with Crippen LogP contribution in [0.4, 0.5) is 5.69 Å². The van der Waals surface area contributed by atoms with Crippen LogP contribution >= 0.6 is 0 Å². The van der Waals surface area contributed by atoms with E-state index in [1.54, 1.807) is 72.9 Å². The van der Waals surface area contributed by atoms with Crippen molar-refractivity contribution in [2.24, 2.45) is 4.99 Å². The predicted molar refractivity (Wildman–Crippen MR) is 109 cm³/mol. The number of hydrogen-bond acceptors (Lipinski definition) is 5. The first-order chi connectivity index (χ1) is 13.7. The molecular formula is C22H17N3O3. The number of pyridine rings is 2. The molecule has 6 nitrogen and oxygen atoms in total. The number of fused-ring (bicyclic) bond motifs is 1. The summed E-state index contributed by atoms with van der Waals surface area (Å²) in [4.78, 5) is 21.6. The molecule has 2 N–H and O–H groups in total. The van der Waals surface area contributed by atoms with Gasteiger partial charge in [-0.15, -0.1) is 0 Å². The zero-order chi connectivity index (χ0) is 19.5. The van der Waals surface area contributed by atoms with E-state index in [9.17, 15) is 15.0 Å². The molecule has 0 aliphatic rings. The van der Waals surface area contributed by atoms with Crippen molar-refractivity contribution in [3.05, 3.63) is 94.4 Å². The van der Waals surface area contributed by atoms with Crippen LogP contribution in [0.5, 0.6) is 5.88 Å². The average Bonchev–Trinajstić information content (AvgIpc) is 2.75. The van der Waals surface area contributed by atoms with E-state index in [2.05, 4.69) is 9.98 Å². The van der Waals surface area contributed by atoms with Crippen molar-refractivity contribution in [3.63, 3.8) is 0 Å². The van der Waals surface area contributed by atoms with E-state index in [-0.39, 0.29) is 18.0 Å². The number of rotatable bonds is 4. The number of aliphatic hydroxyl groups is 1. The maximum Gasteiger partial charge on any atom is 0.267 e. The van der Waals surface area contributed by atoms with E-state index < -0.39 is 0 Å². The van der Waals surface area contributed by atoms with E-state index >= 15 is 0 Å². The summed E-state index contributed by atoms with van der Waals surface area (Å²) < 4.78 is 1.17. The second kappa shape index (κ2) is 7.46. The minimum absolute atomic E-state index is 0.0813. The first kappa shape index (κ1) is 17.6. The largest absolute Gasteiger partial charge is 0.494 e. The molecule has 0 atom stereocenters. The van der Waals surface area contributed by atoms with Gasteiger partial charge in [-0.1, -0.05) is 36.4 Å². The number of aromatic hydroxyl groups is 1. The number of hydrogen-bond donors (Lipinski definition) is 2. The Balaban J connectivity index is 1.95. The Morgan fingerprint density at radius 1 is 1.00 bits per heavy atom. The van der Waals surface area contributed by atoms with Crippen molar-refractivity contribution in [2.45, 2.75) is 6.61 Å². The first-order valence-electron chi connectivity index (χ1n) is 8.71. The molecule has 0 aliphatic heterocycles. The molecule has 2 heterocycles. The van der Waals surface area contributed by atoms with Gasteiger partial charge in [0.1, 0.15) is 5.82 Å². The Labute approximate surface area is 160 Å². The lowest BCUT2D eigenvalue weighted by molar-refractivity contribution is 0.282. The van der Waals surface area contributed by atoms with Crippen LogP contribution in [0.1, 0.15) is 11.1 Å². The van der Waals surface area contributed by atoms with Crippen LogP contribution in [0.25, 0.3) is 16.6 Å². The van der Waals surface area contributed by atoms with Crippen molar-refractivity contribution >= 4 is 22.7 Å². The standard InChI is InChI=1S/C22H17N3O3/c26-14-15-6-5-7-16(12-15)24-13-19-17-8-1-2-9-18(17)21(27)25(22(19)28)20-10-3-4-11-23-20/h1-13,26,28H,14H2. The smallest absolute Gasteiger partial charge is 0.267 e. The molecule has 28 heavy (non-hydrogen) atoms. The monoisotopic (exact) mass is 371 g/mol. The Kier molecular flexibility index (Phi) is 4.70. The molecule has 2 aromatic heterocycles. The van der Waals surface area contributed by atoms with Gasteiger partial charge in [0, 0.05) is 23.2 Å². The molecule has 4 aromatic rings. The van der Waals surface area contributed by atoms with E-state index in [0.29, 0.717) is 27.8 Å². The number of aliphatic hydroxyl groups excluding tert-OH is 1. The summed E-state index contributed by atoms with van der Waals surface area (Å²) in [5, 5.41) is 21.2. The van der Waals surface area contributed by atoms with E-state index in [0.717, 1.165) is 5.56 Å². The molecule has 0 saturated carbocycles. The molecular weight excluding hydrogens is 354 g/mol. The molecule has 0 amide bonds. The fraction of sp³-hybridized carbons (Fsp3) is 0.0455. The third-order valence-electron chi connectivity index (χ3n) is 4.42. The van der Waals surface area contributed by atoms with Crippen molar-refractivity contribution in [1.82, 2.24) is 9.55 Å². The lowest BCUT2D eigenvalue weighted by Crippen LogP contribution is -2.20. The Morgan fingerprint density at radius 3 is 2.54 bits per heavy atom. The summed E-state index contributed by atoms with van der Waals surface area (Å²) >= 11 is 0. The quantitative estimate of drug-likeness (QED) is 0.539. The van der Waals surface area contributed by atoms with Gasteiger partial charge in [0.25, 0.3) is 5.56 Å². The molecule has 0 aliphatic carbocycles. The van der Waals surface area contributed by atoms with Gasteiger partial charge in [0.2, 0.25) is 5.88 Å². The van der Waals surface area contributed by atoms with Crippen molar-refractivity contribution < 1.29 is 10.2 Å². The van der Waals surface area contributed by atoms with Crippen LogP contribution < -0.4 is 5.56 Å². The van der Waals surface area contributed by atoms with Gasteiger partial charge < -0.3 is 10.2 Å². The van der Waals surface area contributed by atoms with Crippen molar-refractivity contribution in [1.29, 1.82) is 0 Å². The van der Waals surface area contributed by atoms with Gasteiger partial charge in [-0.3, -0.25) is 9.79 Å². The van der Waals surface area contributed by atoms with Crippen LogP contribution in [0.3, 0.4) is 0 Å². The number of nitrogens with zero attached hydrogens (tertiary/aromatic N) is 3. The second-order valence-electron chi connectivity index (χ2n) is 6.20. The first-order valence-corrected chi connectivity index (χ1v) is 8.71. The SMILES string of the molecule is O=c1c2ccccc2c(C=Nc2cccc(CO)c2)c(O)n1-c1ccccn1. The predicted octanol–water partition coefficient (Wildman–Crippen LogP) is 3.33. The highest BCUT2D eigenvalue weighted by molar-refractivity contribution is 6.02. The summed E-state index contributed by atoms with van der Waals surface area (Å²) in [6, 6.07) is 19.3. The minimum Gasteiger partial charge on any atom is -0.494 e. The fourth-order valence-corrected chi connectivity index (χ4v) is 3.06. The van der Waals surface area contributed by atoms with Gasteiger partial charge in [-0.2, -0.15) is 0 Å². The minimum atomic E-state index is -0.355.